The summed E-state index contributed by atoms with van der Waals surface area (Å²) in [5.41, 5.74) is 3.01. The fraction of sp³-hybridized carbons (Fsp3) is 0.304. The van der Waals surface area contributed by atoms with Gasteiger partial charge in [0.2, 0.25) is 5.91 Å². The third-order valence-corrected chi connectivity index (χ3v) is 5.51. The number of rotatable bonds is 7. The first-order valence-electron chi connectivity index (χ1n) is 9.86. The van der Waals surface area contributed by atoms with Crippen LogP contribution in [0.3, 0.4) is 0 Å². The Balaban J connectivity index is 1.56. The number of anilines is 1. The van der Waals surface area contributed by atoms with E-state index in [1.807, 2.05) is 12.1 Å². The summed E-state index contributed by atoms with van der Waals surface area (Å²) >= 11 is 1.12. The van der Waals surface area contributed by atoms with Gasteiger partial charge < -0.3 is 10.1 Å². The minimum Gasteiger partial charge on any atom is -0.497 e. The van der Waals surface area contributed by atoms with Crippen LogP contribution >= 0.6 is 11.8 Å². The van der Waals surface area contributed by atoms with Crippen molar-refractivity contribution < 1.29 is 9.53 Å². The number of aromatic nitrogens is 3. The molecule has 0 aliphatic carbocycles. The summed E-state index contributed by atoms with van der Waals surface area (Å²) < 4.78 is 5.09. The highest BCUT2D eigenvalue weighted by Crippen LogP contribution is 2.22. The molecule has 0 unspecified atom stereocenters. The van der Waals surface area contributed by atoms with Gasteiger partial charge in [0.05, 0.1) is 12.9 Å². The zero-order chi connectivity index (χ0) is 22.4. The van der Waals surface area contributed by atoms with Crippen LogP contribution in [0, 0.1) is 0 Å². The van der Waals surface area contributed by atoms with E-state index in [2.05, 4.69) is 53.4 Å². The Hall–Kier alpha value is -3.13. The molecule has 3 aromatic rings. The van der Waals surface area contributed by atoms with Crippen molar-refractivity contribution in [2.75, 3.05) is 18.2 Å². The summed E-state index contributed by atoms with van der Waals surface area (Å²) in [6, 6.07) is 15.2. The minimum absolute atomic E-state index is 0.0777. The van der Waals surface area contributed by atoms with Crippen LogP contribution < -0.4 is 15.6 Å². The van der Waals surface area contributed by atoms with E-state index in [0.29, 0.717) is 28.7 Å². The van der Waals surface area contributed by atoms with Crippen LogP contribution in [0.1, 0.15) is 37.6 Å². The van der Waals surface area contributed by atoms with Crippen LogP contribution in [0.15, 0.2) is 58.5 Å². The number of thioether (sulfide) groups is 1. The number of methoxy groups -OCH3 is 1. The molecule has 2 aromatic carbocycles. The second kappa shape index (κ2) is 9.78. The van der Waals surface area contributed by atoms with Gasteiger partial charge in [-0.05, 0) is 40.8 Å². The lowest BCUT2D eigenvalue weighted by atomic mass is 9.86. The van der Waals surface area contributed by atoms with Crippen molar-refractivity contribution in [3.05, 3.63) is 75.7 Å². The zero-order valence-corrected chi connectivity index (χ0v) is 18.9. The van der Waals surface area contributed by atoms with Gasteiger partial charge in [-0.3, -0.25) is 14.6 Å². The second-order valence-corrected chi connectivity index (χ2v) is 9.06. The molecule has 3 rings (SSSR count). The van der Waals surface area contributed by atoms with Gasteiger partial charge in [0.1, 0.15) is 11.4 Å². The highest BCUT2D eigenvalue weighted by Gasteiger charge is 2.14. The van der Waals surface area contributed by atoms with Crippen molar-refractivity contribution in [1.82, 2.24) is 15.2 Å². The molecule has 0 saturated heterocycles. The van der Waals surface area contributed by atoms with E-state index in [1.54, 1.807) is 31.4 Å². The number of carbonyl (C=O) groups excluding carboxylic acids is 1. The number of carbonyl (C=O) groups is 1. The van der Waals surface area contributed by atoms with Gasteiger partial charge in [-0.2, -0.15) is 0 Å². The van der Waals surface area contributed by atoms with Crippen LogP contribution in [0.25, 0.3) is 0 Å². The zero-order valence-electron chi connectivity index (χ0n) is 18.1. The molecule has 31 heavy (non-hydrogen) atoms. The van der Waals surface area contributed by atoms with Crippen molar-refractivity contribution in [3.63, 3.8) is 0 Å². The van der Waals surface area contributed by atoms with Gasteiger partial charge in [-0.25, -0.2) is 0 Å². The monoisotopic (exact) mass is 438 g/mol. The van der Waals surface area contributed by atoms with Crippen LogP contribution in [-0.4, -0.2) is 34.0 Å². The third kappa shape index (κ3) is 6.42. The predicted octanol–water partition coefficient (Wildman–Crippen LogP) is 3.79. The van der Waals surface area contributed by atoms with Gasteiger partial charge in [-0.15, -0.1) is 10.2 Å². The maximum Gasteiger partial charge on any atom is 0.273 e. The first-order chi connectivity index (χ1) is 14.7. The van der Waals surface area contributed by atoms with Gasteiger partial charge in [0, 0.05) is 12.1 Å². The molecule has 1 heterocycles. The van der Waals surface area contributed by atoms with Gasteiger partial charge in [-0.1, -0.05) is 56.8 Å². The lowest BCUT2D eigenvalue weighted by Gasteiger charge is -2.19. The molecule has 0 saturated carbocycles. The van der Waals surface area contributed by atoms with Crippen LogP contribution in [-0.2, 0) is 16.6 Å². The maximum atomic E-state index is 12.4. The summed E-state index contributed by atoms with van der Waals surface area (Å²) in [5.74, 6) is 0.607. The Morgan fingerprint density at radius 2 is 1.74 bits per heavy atom. The molecule has 1 amide bonds. The van der Waals surface area contributed by atoms with Crippen molar-refractivity contribution >= 4 is 23.4 Å². The lowest BCUT2D eigenvalue weighted by molar-refractivity contribution is -0.113. The van der Waals surface area contributed by atoms with E-state index in [0.717, 1.165) is 17.3 Å². The number of amides is 1. The topological polar surface area (TPSA) is 97.0 Å². The van der Waals surface area contributed by atoms with Crippen molar-refractivity contribution in [1.29, 1.82) is 0 Å². The molecule has 162 valence electrons. The lowest BCUT2D eigenvalue weighted by Crippen LogP contribution is -2.19. The Kier molecular flexibility index (Phi) is 7.12. The Labute approximate surface area is 185 Å². The molecular weight excluding hydrogens is 412 g/mol. The quantitative estimate of drug-likeness (QED) is 0.545. The van der Waals surface area contributed by atoms with Gasteiger partial charge in [0.15, 0.2) is 5.16 Å². The number of aromatic amines is 1. The number of benzene rings is 2. The molecule has 0 atom stereocenters. The molecule has 0 spiro atoms. The number of hydrogen-bond acceptors (Lipinski definition) is 6. The highest BCUT2D eigenvalue weighted by atomic mass is 32.2. The Morgan fingerprint density at radius 1 is 1.06 bits per heavy atom. The standard InChI is InChI=1S/C23H26N4O3S/c1-23(2,3)16-7-5-15(6-8-16)13-19-21(29)25-22(27-26-19)31-14-20(28)24-17-9-11-18(30-4)12-10-17/h5-12H,13-14H2,1-4H3,(H,24,28)(H,25,27,29). The van der Waals surface area contributed by atoms with Crippen LogP contribution in [0.2, 0.25) is 0 Å². The first kappa shape index (κ1) is 22.6. The van der Waals surface area contributed by atoms with E-state index in [9.17, 15) is 9.59 Å². The van der Waals surface area contributed by atoms with Gasteiger partial charge in [0.25, 0.3) is 5.56 Å². The molecule has 0 fully saturated rings. The average molecular weight is 439 g/mol. The molecule has 0 aliphatic rings. The predicted molar refractivity (Wildman–Crippen MR) is 123 cm³/mol. The molecule has 1 aromatic heterocycles. The number of ether oxygens (including phenoxy) is 1. The van der Waals surface area contributed by atoms with Crippen molar-refractivity contribution in [2.24, 2.45) is 0 Å². The number of hydrogen-bond donors (Lipinski definition) is 2. The average Bonchev–Trinajstić information content (AvgIpc) is 2.74. The van der Waals surface area contributed by atoms with Crippen LogP contribution in [0.5, 0.6) is 5.75 Å². The fourth-order valence-corrected chi connectivity index (χ4v) is 3.45. The van der Waals surface area contributed by atoms with E-state index < -0.39 is 0 Å². The third-order valence-electron chi connectivity index (χ3n) is 4.65. The fourth-order valence-electron chi connectivity index (χ4n) is 2.85. The van der Waals surface area contributed by atoms with E-state index >= 15 is 0 Å². The summed E-state index contributed by atoms with van der Waals surface area (Å²) in [4.78, 5) is 27.2. The number of nitrogens with one attached hydrogen (secondary N) is 2. The van der Waals surface area contributed by atoms with E-state index in [4.69, 9.17) is 4.74 Å². The van der Waals surface area contributed by atoms with Crippen molar-refractivity contribution in [3.8, 4) is 5.75 Å². The summed E-state index contributed by atoms with van der Waals surface area (Å²) in [6.07, 6.45) is 0.398. The van der Waals surface area contributed by atoms with Crippen molar-refractivity contribution in [2.45, 2.75) is 37.8 Å². The molecular formula is C23H26N4O3S. The molecule has 2 N–H and O–H groups in total. The molecule has 7 nitrogen and oxygen atoms in total. The van der Waals surface area contributed by atoms with E-state index in [-0.39, 0.29) is 22.6 Å². The second-order valence-electron chi connectivity index (χ2n) is 8.10. The molecule has 0 bridgehead atoms. The normalized spacial score (nSPS) is 11.2. The Bertz CT molecular complexity index is 1090. The molecule has 8 heteroatoms. The maximum absolute atomic E-state index is 12.4. The largest absolute Gasteiger partial charge is 0.497 e. The number of H-pyrrole nitrogens is 1. The molecule has 0 aliphatic heterocycles. The summed E-state index contributed by atoms with van der Waals surface area (Å²) in [5, 5.41) is 11.2. The first-order valence-corrected chi connectivity index (χ1v) is 10.8. The SMILES string of the molecule is COc1ccc(NC(=O)CSc2nnc(Cc3ccc(C(C)(C)C)cc3)c(=O)[nH]2)cc1. The Morgan fingerprint density at radius 3 is 2.32 bits per heavy atom. The minimum atomic E-state index is -0.298. The summed E-state index contributed by atoms with van der Waals surface area (Å²) in [6.45, 7) is 6.48. The van der Waals surface area contributed by atoms with Crippen LogP contribution in [0.4, 0.5) is 5.69 Å². The smallest absolute Gasteiger partial charge is 0.273 e. The van der Waals surface area contributed by atoms with Gasteiger partial charge >= 0.3 is 0 Å². The highest BCUT2D eigenvalue weighted by molar-refractivity contribution is 7.99. The summed E-state index contributed by atoms with van der Waals surface area (Å²) in [7, 11) is 1.58. The number of nitrogens with zero attached hydrogens (tertiary/aromatic N) is 2. The van der Waals surface area contributed by atoms with E-state index in [1.165, 1.54) is 5.56 Å². The molecule has 0 radical (unpaired) electrons.